The lowest BCUT2D eigenvalue weighted by molar-refractivity contribution is -0.147. The van der Waals surface area contributed by atoms with Crippen LogP contribution in [0.3, 0.4) is 0 Å². The van der Waals surface area contributed by atoms with Crippen molar-refractivity contribution in [1.82, 2.24) is 0 Å². The maximum absolute atomic E-state index is 12.5. The summed E-state index contributed by atoms with van der Waals surface area (Å²) < 4.78 is 5.76. The molecule has 0 aliphatic carbocycles. The zero-order chi connectivity index (χ0) is 33.6. The molecule has 0 rings (SSSR count). The Labute approximate surface area is 282 Å². The second-order valence-electron chi connectivity index (χ2n) is 11.3. The van der Waals surface area contributed by atoms with Crippen LogP contribution in [0.1, 0.15) is 136 Å². The number of aliphatic carboxylic acids is 1. The number of allylic oxidation sites excluding steroid dienone is 17. The predicted octanol–water partition coefficient (Wildman–Crippen LogP) is 12.4. The van der Waals surface area contributed by atoms with E-state index in [0.29, 0.717) is 19.3 Å². The van der Waals surface area contributed by atoms with Crippen molar-refractivity contribution in [2.45, 2.75) is 142 Å². The van der Waals surface area contributed by atoms with Gasteiger partial charge in [-0.15, -0.1) is 0 Å². The maximum Gasteiger partial charge on any atom is 0.306 e. The predicted molar refractivity (Wildman–Crippen MR) is 199 cm³/mol. The Morgan fingerprint density at radius 2 is 0.913 bits per heavy atom. The molecule has 0 bridgehead atoms. The Morgan fingerprint density at radius 3 is 1.39 bits per heavy atom. The van der Waals surface area contributed by atoms with Crippen LogP contribution in [0.15, 0.2) is 109 Å². The number of rotatable bonds is 30. The van der Waals surface area contributed by atoms with Crippen molar-refractivity contribution < 1.29 is 19.4 Å². The quantitative estimate of drug-likeness (QED) is 0.0486. The van der Waals surface area contributed by atoms with Crippen molar-refractivity contribution in [1.29, 1.82) is 0 Å². The number of carboxylic acid groups (broad SMARTS) is 1. The summed E-state index contributed by atoms with van der Waals surface area (Å²) in [6.45, 7) is 4.29. The summed E-state index contributed by atoms with van der Waals surface area (Å²) >= 11 is 0. The number of hydrogen-bond donors (Lipinski definition) is 1. The Morgan fingerprint density at radius 1 is 0.500 bits per heavy atom. The van der Waals surface area contributed by atoms with Crippen LogP contribution in [0, 0.1) is 0 Å². The van der Waals surface area contributed by atoms with E-state index in [0.717, 1.165) is 96.3 Å². The van der Waals surface area contributed by atoms with E-state index in [2.05, 4.69) is 111 Å². The Hall–Kier alpha value is -3.40. The maximum atomic E-state index is 12.5. The van der Waals surface area contributed by atoms with Gasteiger partial charge in [-0.2, -0.15) is 0 Å². The lowest BCUT2D eigenvalue weighted by Gasteiger charge is -2.14. The van der Waals surface area contributed by atoms with Crippen molar-refractivity contribution in [3.05, 3.63) is 109 Å². The van der Waals surface area contributed by atoms with Crippen molar-refractivity contribution >= 4 is 11.9 Å². The molecule has 0 saturated carbocycles. The van der Waals surface area contributed by atoms with Gasteiger partial charge in [-0.3, -0.25) is 9.59 Å². The number of carbonyl (C=O) groups excluding carboxylic acids is 1. The third kappa shape index (κ3) is 35.1. The summed E-state index contributed by atoms with van der Waals surface area (Å²) in [4.78, 5) is 23.3. The van der Waals surface area contributed by atoms with E-state index in [-0.39, 0.29) is 18.5 Å². The molecule has 0 radical (unpaired) electrons. The first-order chi connectivity index (χ1) is 22.6. The SMILES string of the molecule is CC/C=C\C/C=C\C/C=C\C/C=C\C/C=C\C(CCCCC(=O)O)OC(=O)CCCCCC/C=C\C/C=C\C/C=C\C/C=C\CC. The number of hydrogen-bond acceptors (Lipinski definition) is 3. The van der Waals surface area contributed by atoms with Gasteiger partial charge in [0, 0.05) is 12.8 Å². The van der Waals surface area contributed by atoms with Gasteiger partial charge in [0.1, 0.15) is 6.10 Å². The summed E-state index contributed by atoms with van der Waals surface area (Å²) in [6, 6.07) is 0. The highest BCUT2D eigenvalue weighted by Crippen LogP contribution is 2.13. The Kier molecular flexibility index (Phi) is 33.4. The van der Waals surface area contributed by atoms with Gasteiger partial charge in [0.2, 0.25) is 0 Å². The fourth-order valence-electron chi connectivity index (χ4n) is 4.41. The Bertz CT molecular complexity index is 987. The number of carbonyl (C=O) groups is 2. The molecule has 0 aromatic carbocycles. The highest BCUT2D eigenvalue weighted by atomic mass is 16.5. The summed E-state index contributed by atoms with van der Waals surface area (Å²) in [5.41, 5.74) is 0. The summed E-state index contributed by atoms with van der Waals surface area (Å²) in [7, 11) is 0. The van der Waals surface area contributed by atoms with E-state index < -0.39 is 5.97 Å². The molecule has 0 fully saturated rings. The molecule has 1 unspecified atom stereocenters. The topological polar surface area (TPSA) is 63.6 Å². The molecule has 0 saturated heterocycles. The highest BCUT2D eigenvalue weighted by Gasteiger charge is 2.11. The van der Waals surface area contributed by atoms with Crippen LogP contribution in [0.25, 0.3) is 0 Å². The van der Waals surface area contributed by atoms with Crippen molar-refractivity contribution in [3.8, 4) is 0 Å². The number of ether oxygens (including phenoxy) is 1. The molecule has 0 aromatic heterocycles. The van der Waals surface area contributed by atoms with Crippen LogP contribution in [0.4, 0.5) is 0 Å². The first-order valence-electron chi connectivity index (χ1n) is 17.9. The minimum atomic E-state index is -0.787. The normalized spacial score (nSPS) is 13.6. The minimum absolute atomic E-state index is 0.146. The van der Waals surface area contributed by atoms with Gasteiger partial charge in [-0.25, -0.2) is 0 Å². The Balaban J connectivity index is 4.20. The van der Waals surface area contributed by atoms with Crippen LogP contribution in [0.5, 0.6) is 0 Å². The van der Waals surface area contributed by atoms with E-state index in [4.69, 9.17) is 9.84 Å². The second kappa shape index (κ2) is 36.1. The number of esters is 1. The van der Waals surface area contributed by atoms with E-state index in [9.17, 15) is 9.59 Å². The molecule has 0 aliphatic heterocycles. The zero-order valence-corrected chi connectivity index (χ0v) is 29.1. The van der Waals surface area contributed by atoms with Crippen molar-refractivity contribution in [2.24, 2.45) is 0 Å². The standard InChI is InChI=1S/C42H64O4/c1-3-5-7-9-11-13-15-17-19-20-21-23-25-27-29-31-33-39-42(45)46-40(37-34-35-38-41(43)44)36-32-30-28-26-24-22-18-16-14-12-10-8-6-4-2/h5-8,11-14,17-19,21-23,26,28,32,36,40H,3-4,9-10,15-16,20,24-25,27,29-31,33-35,37-39H2,1-2H3,(H,43,44)/b7-5-,8-6-,13-11-,14-12-,19-17-,22-18-,23-21-,28-26-,36-32-. The summed E-state index contributed by atoms with van der Waals surface area (Å²) in [5, 5.41) is 8.92. The van der Waals surface area contributed by atoms with Crippen LogP contribution in [-0.4, -0.2) is 23.1 Å². The molecule has 0 aliphatic rings. The van der Waals surface area contributed by atoms with Crippen LogP contribution < -0.4 is 0 Å². The third-order valence-corrected chi connectivity index (χ3v) is 6.97. The lowest BCUT2D eigenvalue weighted by Crippen LogP contribution is -2.16. The molecule has 0 heterocycles. The summed E-state index contributed by atoms with van der Waals surface area (Å²) in [5.74, 6) is -0.951. The molecular formula is C42H64O4. The van der Waals surface area contributed by atoms with Gasteiger partial charge < -0.3 is 9.84 Å². The first kappa shape index (κ1) is 42.6. The van der Waals surface area contributed by atoms with Crippen LogP contribution in [-0.2, 0) is 14.3 Å². The molecule has 0 amide bonds. The van der Waals surface area contributed by atoms with Gasteiger partial charge in [0.05, 0.1) is 0 Å². The average molecular weight is 633 g/mol. The van der Waals surface area contributed by atoms with Gasteiger partial charge in [0.25, 0.3) is 0 Å². The average Bonchev–Trinajstić information content (AvgIpc) is 3.04. The van der Waals surface area contributed by atoms with Gasteiger partial charge >= 0.3 is 11.9 Å². The molecule has 4 nitrogen and oxygen atoms in total. The largest absolute Gasteiger partial charge is 0.481 e. The third-order valence-electron chi connectivity index (χ3n) is 6.97. The van der Waals surface area contributed by atoms with Crippen LogP contribution >= 0.6 is 0 Å². The number of carboxylic acids is 1. The highest BCUT2D eigenvalue weighted by molar-refractivity contribution is 5.69. The number of unbranched alkanes of at least 4 members (excludes halogenated alkanes) is 5. The molecule has 0 spiro atoms. The molecule has 1 N–H and O–H groups in total. The van der Waals surface area contributed by atoms with Crippen LogP contribution in [0.2, 0.25) is 0 Å². The molecule has 46 heavy (non-hydrogen) atoms. The summed E-state index contributed by atoms with van der Waals surface area (Å²) in [6.07, 6.45) is 55.3. The van der Waals surface area contributed by atoms with E-state index in [1.54, 1.807) is 0 Å². The molecule has 4 heteroatoms. The van der Waals surface area contributed by atoms with Crippen molar-refractivity contribution in [3.63, 3.8) is 0 Å². The first-order valence-corrected chi connectivity index (χ1v) is 17.9. The molecule has 256 valence electrons. The van der Waals surface area contributed by atoms with Gasteiger partial charge in [-0.05, 0) is 102 Å². The van der Waals surface area contributed by atoms with Gasteiger partial charge in [-0.1, -0.05) is 130 Å². The molecule has 1 atom stereocenters. The molecule has 0 aromatic rings. The monoisotopic (exact) mass is 632 g/mol. The van der Waals surface area contributed by atoms with E-state index in [1.165, 1.54) is 0 Å². The fraction of sp³-hybridized carbons (Fsp3) is 0.524. The van der Waals surface area contributed by atoms with Crippen molar-refractivity contribution in [2.75, 3.05) is 0 Å². The zero-order valence-electron chi connectivity index (χ0n) is 29.1. The minimum Gasteiger partial charge on any atom is -0.481 e. The van der Waals surface area contributed by atoms with E-state index >= 15 is 0 Å². The fourth-order valence-corrected chi connectivity index (χ4v) is 4.41. The molecular weight excluding hydrogens is 568 g/mol. The smallest absolute Gasteiger partial charge is 0.306 e. The van der Waals surface area contributed by atoms with E-state index in [1.807, 2.05) is 12.2 Å². The second-order valence-corrected chi connectivity index (χ2v) is 11.3. The van der Waals surface area contributed by atoms with Gasteiger partial charge in [0.15, 0.2) is 0 Å². The lowest BCUT2D eigenvalue weighted by atomic mass is 10.1.